The number of hydrogen-bond acceptors (Lipinski definition) is 6. The molecule has 0 aliphatic rings. The highest BCUT2D eigenvalue weighted by Crippen LogP contribution is 2.03. The van der Waals surface area contributed by atoms with Crippen LogP contribution in [0.25, 0.3) is 0 Å². The molecule has 0 aliphatic heterocycles. The molecule has 34 heavy (non-hydrogen) atoms. The molecule has 0 aromatic rings. The second-order valence-corrected chi connectivity index (χ2v) is 6.86. The summed E-state index contributed by atoms with van der Waals surface area (Å²) in [6.07, 6.45) is 5.26. The molecule has 0 heterocycles. The first kappa shape index (κ1) is 37.6. The van der Waals surface area contributed by atoms with E-state index in [9.17, 15) is 28.8 Å². The number of carbonyl (C=O) groups is 6. The molecule has 0 fully saturated rings. The Hall–Kier alpha value is -3.74. The second-order valence-electron chi connectivity index (χ2n) is 6.86. The van der Waals surface area contributed by atoms with Gasteiger partial charge in [0, 0.05) is 59.1 Å². The Morgan fingerprint density at radius 1 is 0.735 bits per heavy atom. The average Bonchev–Trinajstić information content (AvgIpc) is 2.64. The Morgan fingerprint density at radius 2 is 1.15 bits per heavy atom. The topological polar surface area (TPSA) is 206 Å². The van der Waals surface area contributed by atoms with Gasteiger partial charge in [-0.1, -0.05) is 6.58 Å². The SMILES string of the molecule is C=CNC(C)=O.CC(=O)N/C=C\NC(C)=O.CC(=O)NC(C)C(CC(C)NC=O)NC(C)=O.O. The lowest BCUT2D eigenvalue weighted by Gasteiger charge is -2.27. The van der Waals surface area contributed by atoms with E-state index in [4.69, 9.17) is 0 Å². The summed E-state index contributed by atoms with van der Waals surface area (Å²) in [6, 6.07) is -0.466. The van der Waals surface area contributed by atoms with Gasteiger partial charge in [0.25, 0.3) is 0 Å². The fourth-order valence-electron chi connectivity index (χ4n) is 2.10. The van der Waals surface area contributed by atoms with Gasteiger partial charge >= 0.3 is 0 Å². The van der Waals surface area contributed by atoms with E-state index in [1.807, 2.05) is 13.8 Å². The molecular formula is C21H40N6O7. The van der Waals surface area contributed by atoms with E-state index in [0.29, 0.717) is 12.8 Å². The van der Waals surface area contributed by atoms with Crippen LogP contribution in [0.15, 0.2) is 25.2 Å². The fourth-order valence-corrected chi connectivity index (χ4v) is 2.10. The van der Waals surface area contributed by atoms with Crippen molar-refractivity contribution in [3.8, 4) is 0 Å². The predicted octanol–water partition coefficient (Wildman–Crippen LogP) is -1.29. The third-order valence-electron chi connectivity index (χ3n) is 3.35. The number of nitrogens with one attached hydrogen (secondary N) is 6. The van der Waals surface area contributed by atoms with Gasteiger partial charge in [0.05, 0.1) is 6.04 Å². The molecule has 0 aromatic carbocycles. The van der Waals surface area contributed by atoms with Gasteiger partial charge in [0.15, 0.2) is 0 Å². The zero-order valence-corrected chi connectivity index (χ0v) is 20.9. The molecule has 0 radical (unpaired) electrons. The van der Waals surface area contributed by atoms with Crippen LogP contribution in [-0.2, 0) is 28.8 Å². The maximum absolute atomic E-state index is 11.1. The summed E-state index contributed by atoms with van der Waals surface area (Å²) in [5.74, 6) is -0.720. The molecule has 8 N–H and O–H groups in total. The van der Waals surface area contributed by atoms with E-state index < -0.39 is 0 Å². The molecule has 0 spiro atoms. The van der Waals surface area contributed by atoms with Crippen LogP contribution in [0, 0.1) is 0 Å². The van der Waals surface area contributed by atoms with Crippen molar-refractivity contribution in [1.29, 1.82) is 0 Å². The van der Waals surface area contributed by atoms with Gasteiger partial charge in [-0.2, -0.15) is 0 Å². The van der Waals surface area contributed by atoms with E-state index in [0.717, 1.165) is 0 Å². The van der Waals surface area contributed by atoms with Gasteiger partial charge in [-0.25, -0.2) is 0 Å². The Labute approximate surface area is 200 Å². The molecule has 0 aliphatic carbocycles. The first-order chi connectivity index (χ1) is 15.3. The lowest BCUT2D eigenvalue weighted by Crippen LogP contribution is -2.51. The van der Waals surface area contributed by atoms with Crippen molar-refractivity contribution in [2.45, 2.75) is 73.0 Å². The predicted molar refractivity (Wildman–Crippen MR) is 129 cm³/mol. The highest BCUT2D eigenvalue weighted by Gasteiger charge is 2.21. The average molecular weight is 489 g/mol. The molecule has 0 bridgehead atoms. The van der Waals surface area contributed by atoms with Crippen LogP contribution in [0.5, 0.6) is 0 Å². The largest absolute Gasteiger partial charge is 0.412 e. The van der Waals surface area contributed by atoms with E-state index in [2.05, 4.69) is 38.5 Å². The van der Waals surface area contributed by atoms with E-state index in [-0.39, 0.29) is 53.1 Å². The van der Waals surface area contributed by atoms with Gasteiger partial charge in [-0.05, 0) is 26.5 Å². The fraction of sp³-hybridized carbons (Fsp3) is 0.524. The van der Waals surface area contributed by atoms with E-state index >= 15 is 0 Å². The zero-order chi connectivity index (χ0) is 26.4. The summed E-state index contributed by atoms with van der Waals surface area (Å²) >= 11 is 0. The lowest BCUT2D eigenvalue weighted by atomic mass is 10.0. The molecule has 0 saturated carbocycles. The minimum absolute atomic E-state index is 0. The standard InChI is InChI=1S/C11H21N3O3.C6H10N2O2.C4H7NO.H2O/c1-7(12-6-15)5-11(14-10(4)17)8(2)13-9(3)16;1-5(9)7-3-4-8-6(2)10;1-3-5-4(2)6;/h6-8,11H,5H2,1-4H3,(H,12,15)(H,13,16)(H,14,17);3-4H,1-2H3,(H,7,9)(H,8,10);3H,1H2,2H3,(H,5,6);1H2/b;4-3-;;. The van der Waals surface area contributed by atoms with E-state index in [1.54, 1.807) is 0 Å². The van der Waals surface area contributed by atoms with Crippen molar-refractivity contribution < 1.29 is 34.2 Å². The Morgan fingerprint density at radius 3 is 1.41 bits per heavy atom. The summed E-state index contributed by atoms with van der Waals surface area (Å²) in [5, 5.41) is 15.2. The van der Waals surface area contributed by atoms with Gasteiger partial charge in [0.1, 0.15) is 0 Å². The highest BCUT2D eigenvalue weighted by molar-refractivity contribution is 5.76. The minimum atomic E-state index is -0.209. The number of rotatable bonds is 10. The van der Waals surface area contributed by atoms with E-state index in [1.165, 1.54) is 53.2 Å². The summed E-state index contributed by atoms with van der Waals surface area (Å²) < 4.78 is 0. The highest BCUT2D eigenvalue weighted by atomic mass is 16.2. The Bertz CT molecular complexity index is 665. The molecule has 3 unspecified atom stereocenters. The molecular weight excluding hydrogens is 448 g/mol. The van der Waals surface area contributed by atoms with Crippen LogP contribution in [0.1, 0.15) is 54.9 Å². The number of amides is 6. The smallest absolute Gasteiger partial charge is 0.220 e. The maximum atomic E-state index is 11.1. The van der Waals surface area contributed by atoms with Crippen molar-refractivity contribution in [1.82, 2.24) is 31.9 Å². The normalized spacial score (nSPS) is 11.6. The maximum Gasteiger partial charge on any atom is 0.220 e. The van der Waals surface area contributed by atoms with Crippen molar-refractivity contribution in [2.24, 2.45) is 0 Å². The van der Waals surface area contributed by atoms with Gasteiger partial charge in [-0.3, -0.25) is 28.8 Å². The summed E-state index contributed by atoms with van der Waals surface area (Å²) in [5.41, 5.74) is 0. The third kappa shape index (κ3) is 32.9. The lowest BCUT2D eigenvalue weighted by molar-refractivity contribution is -0.122. The monoisotopic (exact) mass is 488 g/mol. The summed E-state index contributed by atoms with van der Waals surface area (Å²) in [4.78, 5) is 62.6. The molecule has 6 amide bonds. The first-order valence-corrected chi connectivity index (χ1v) is 10.1. The van der Waals surface area contributed by atoms with Crippen LogP contribution in [0.4, 0.5) is 0 Å². The quantitative estimate of drug-likeness (QED) is 0.206. The Balaban J connectivity index is -0.000000224. The van der Waals surface area contributed by atoms with Crippen LogP contribution >= 0.6 is 0 Å². The minimum Gasteiger partial charge on any atom is -0.412 e. The summed E-state index contributed by atoms with van der Waals surface area (Å²) in [7, 11) is 0. The van der Waals surface area contributed by atoms with Gasteiger partial charge in [-0.15, -0.1) is 0 Å². The van der Waals surface area contributed by atoms with Gasteiger partial charge < -0.3 is 37.4 Å². The van der Waals surface area contributed by atoms with Crippen LogP contribution in [0.2, 0.25) is 0 Å². The molecule has 13 nitrogen and oxygen atoms in total. The molecule has 0 rings (SSSR count). The van der Waals surface area contributed by atoms with Crippen molar-refractivity contribution >= 4 is 35.9 Å². The molecule has 13 heteroatoms. The molecule has 0 saturated heterocycles. The summed E-state index contributed by atoms with van der Waals surface area (Å²) in [6.45, 7) is 14.0. The zero-order valence-electron chi connectivity index (χ0n) is 20.9. The van der Waals surface area contributed by atoms with Crippen molar-refractivity contribution in [2.75, 3.05) is 0 Å². The van der Waals surface area contributed by atoms with Crippen LogP contribution in [-0.4, -0.2) is 59.5 Å². The molecule has 3 atom stereocenters. The third-order valence-corrected chi connectivity index (χ3v) is 3.35. The number of carbonyl (C=O) groups excluding carboxylic acids is 6. The molecule has 196 valence electrons. The molecule has 0 aromatic heterocycles. The van der Waals surface area contributed by atoms with Crippen LogP contribution in [0.3, 0.4) is 0 Å². The Kier molecular flexibility index (Phi) is 26.4. The number of hydrogen-bond donors (Lipinski definition) is 6. The second kappa shape index (κ2) is 23.9. The van der Waals surface area contributed by atoms with Gasteiger partial charge in [0.2, 0.25) is 35.9 Å². The van der Waals surface area contributed by atoms with Crippen LogP contribution < -0.4 is 31.9 Å². The van der Waals surface area contributed by atoms with Crippen molar-refractivity contribution in [3.63, 3.8) is 0 Å². The first-order valence-electron chi connectivity index (χ1n) is 10.1. The van der Waals surface area contributed by atoms with Crippen molar-refractivity contribution in [3.05, 3.63) is 25.2 Å².